The minimum atomic E-state index is -0.00781. The minimum absolute atomic E-state index is 0.00781. The van der Waals surface area contributed by atoms with Crippen molar-refractivity contribution in [2.75, 3.05) is 0 Å². The molecule has 0 radical (unpaired) electrons. The first-order valence-electron chi connectivity index (χ1n) is 8.44. The van der Waals surface area contributed by atoms with Crippen molar-refractivity contribution >= 4 is 33.0 Å². The second-order valence-corrected chi connectivity index (χ2v) is 6.53. The van der Waals surface area contributed by atoms with Crippen LogP contribution in [-0.2, 0) is 0 Å². The van der Waals surface area contributed by atoms with Crippen LogP contribution in [0, 0.1) is 13.8 Å². The largest absolute Gasteiger partial charge is 0.456 e. The van der Waals surface area contributed by atoms with Crippen LogP contribution in [0.2, 0.25) is 0 Å². The molecule has 0 bridgehead atoms. The van der Waals surface area contributed by atoms with Crippen LogP contribution in [0.25, 0.3) is 44.5 Å². The van der Waals surface area contributed by atoms with Gasteiger partial charge >= 0.3 is 0 Å². The van der Waals surface area contributed by atoms with E-state index in [0.717, 1.165) is 27.8 Å². The van der Waals surface area contributed by atoms with E-state index in [9.17, 15) is 4.79 Å². The summed E-state index contributed by atoms with van der Waals surface area (Å²) >= 11 is 0. The maximum Gasteiger partial charge on any atom is 0.227 e. The Labute approximate surface area is 148 Å². The summed E-state index contributed by atoms with van der Waals surface area (Å²) in [6.45, 7) is 3.87. The molecule has 0 aliphatic heterocycles. The van der Waals surface area contributed by atoms with E-state index in [0.29, 0.717) is 27.8 Å². The van der Waals surface area contributed by atoms with E-state index in [1.54, 1.807) is 6.07 Å². The molecule has 4 nitrogen and oxygen atoms in total. The molecule has 0 saturated heterocycles. The number of rotatable bonds is 1. The topological polar surface area (TPSA) is 56.2 Å². The van der Waals surface area contributed by atoms with Crippen molar-refractivity contribution in [3.05, 3.63) is 75.9 Å². The van der Waals surface area contributed by atoms with Gasteiger partial charge in [0, 0.05) is 5.56 Å². The summed E-state index contributed by atoms with van der Waals surface area (Å²) < 4.78 is 11.9. The van der Waals surface area contributed by atoms with Gasteiger partial charge in [-0.2, -0.15) is 0 Å². The summed E-state index contributed by atoms with van der Waals surface area (Å²) in [6, 6.07) is 17.0. The summed E-state index contributed by atoms with van der Waals surface area (Å²) in [5.74, 6) is 0.511. The molecule has 2 aromatic heterocycles. The molecule has 126 valence electrons. The predicted molar refractivity (Wildman–Crippen MR) is 102 cm³/mol. The predicted octanol–water partition coefficient (Wildman–Crippen LogP) is 5.37. The van der Waals surface area contributed by atoms with Crippen LogP contribution >= 0.6 is 0 Å². The van der Waals surface area contributed by atoms with E-state index in [2.05, 4.69) is 4.98 Å². The zero-order chi connectivity index (χ0) is 17.8. The molecular weight excluding hydrogens is 326 g/mol. The van der Waals surface area contributed by atoms with Gasteiger partial charge in [-0.3, -0.25) is 4.79 Å². The molecule has 0 amide bonds. The Morgan fingerprint density at radius 1 is 0.846 bits per heavy atom. The Kier molecular flexibility index (Phi) is 3.04. The van der Waals surface area contributed by atoms with Crippen molar-refractivity contribution in [3.63, 3.8) is 0 Å². The summed E-state index contributed by atoms with van der Waals surface area (Å²) in [5.41, 5.74) is 5.34. The average Bonchev–Trinajstić information content (AvgIpc) is 3.08. The van der Waals surface area contributed by atoms with Gasteiger partial charge in [-0.05, 0) is 55.3 Å². The van der Waals surface area contributed by atoms with Gasteiger partial charge in [-0.15, -0.1) is 0 Å². The number of oxazole rings is 1. The van der Waals surface area contributed by atoms with Crippen LogP contribution in [0.3, 0.4) is 0 Å². The van der Waals surface area contributed by atoms with Gasteiger partial charge in [0.05, 0.1) is 10.8 Å². The van der Waals surface area contributed by atoms with Crippen molar-refractivity contribution in [1.82, 2.24) is 4.98 Å². The molecule has 3 aromatic carbocycles. The van der Waals surface area contributed by atoms with Crippen molar-refractivity contribution in [3.8, 4) is 11.5 Å². The minimum Gasteiger partial charge on any atom is -0.456 e. The molecule has 0 spiro atoms. The highest BCUT2D eigenvalue weighted by atomic mass is 16.3. The zero-order valence-electron chi connectivity index (χ0n) is 14.4. The fourth-order valence-corrected chi connectivity index (χ4v) is 3.37. The molecule has 0 unspecified atom stereocenters. The molecule has 0 fully saturated rings. The first kappa shape index (κ1) is 14.9. The Hall–Kier alpha value is -3.40. The Bertz CT molecular complexity index is 1340. The first-order valence-corrected chi connectivity index (χ1v) is 8.44. The molecule has 26 heavy (non-hydrogen) atoms. The van der Waals surface area contributed by atoms with Gasteiger partial charge in [-0.25, -0.2) is 4.98 Å². The van der Waals surface area contributed by atoms with Crippen LogP contribution in [0.5, 0.6) is 0 Å². The van der Waals surface area contributed by atoms with Crippen molar-refractivity contribution in [2.24, 2.45) is 0 Å². The van der Waals surface area contributed by atoms with E-state index < -0.39 is 0 Å². The van der Waals surface area contributed by atoms with E-state index in [4.69, 9.17) is 8.83 Å². The maximum absolute atomic E-state index is 13.0. The third-order valence-corrected chi connectivity index (χ3v) is 4.77. The van der Waals surface area contributed by atoms with Gasteiger partial charge in [0.15, 0.2) is 5.58 Å². The summed E-state index contributed by atoms with van der Waals surface area (Å²) in [7, 11) is 0. The fourth-order valence-electron chi connectivity index (χ4n) is 3.37. The van der Waals surface area contributed by atoms with E-state index in [1.165, 1.54) is 0 Å². The van der Waals surface area contributed by atoms with E-state index >= 15 is 0 Å². The lowest BCUT2D eigenvalue weighted by Crippen LogP contribution is -2.04. The number of aromatic nitrogens is 1. The number of hydrogen-bond acceptors (Lipinski definition) is 4. The van der Waals surface area contributed by atoms with Gasteiger partial charge in [0.1, 0.15) is 16.7 Å². The Morgan fingerprint density at radius 2 is 1.65 bits per heavy atom. The molecular formula is C22H15NO3. The number of para-hydroxylation sites is 2. The normalized spacial score (nSPS) is 11.6. The first-order chi connectivity index (χ1) is 12.6. The lowest BCUT2D eigenvalue weighted by molar-refractivity contribution is 0.618. The Balaban J connectivity index is 1.81. The lowest BCUT2D eigenvalue weighted by atomic mass is 10.0. The molecule has 0 N–H and O–H groups in total. The van der Waals surface area contributed by atoms with Crippen LogP contribution in [0.15, 0.2) is 68.2 Å². The SMILES string of the molecule is Cc1ccc(C)c2c(=O)c3ccc(-c4nc5ccccc5o4)cc3oc12. The molecule has 0 saturated carbocycles. The van der Waals surface area contributed by atoms with E-state index in [-0.39, 0.29) is 5.43 Å². The van der Waals surface area contributed by atoms with Crippen LogP contribution in [-0.4, -0.2) is 4.98 Å². The number of aryl methyl sites for hydroxylation is 2. The molecule has 5 rings (SSSR count). The second-order valence-electron chi connectivity index (χ2n) is 6.53. The zero-order valence-corrected chi connectivity index (χ0v) is 14.4. The highest BCUT2D eigenvalue weighted by molar-refractivity contribution is 5.94. The van der Waals surface area contributed by atoms with Crippen molar-refractivity contribution < 1.29 is 8.83 Å². The standard InChI is InChI=1S/C22H15NO3/c1-12-7-8-13(2)21-19(12)20(24)15-10-9-14(11-18(15)25-21)22-23-16-5-3-4-6-17(16)26-22/h3-11H,1-2H3. The molecule has 0 aliphatic rings. The molecule has 5 aromatic rings. The van der Waals surface area contributed by atoms with Crippen LogP contribution < -0.4 is 5.43 Å². The van der Waals surface area contributed by atoms with Gasteiger partial charge < -0.3 is 8.83 Å². The Morgan fingerprint density at radius 3 is 2.50 bits per heavy atom. The summed E-state index contributed by atoms with van der Waals surface area (Å²) in [5, 5.41) is 1.21. The number of nitrogens with zero attached hydrogens (tertiary/aromatic N) is 1. The van der Waals surface area contributed by atoms with Crippen LogP contribution in [0.4, 0.5) is 0 Å². The summed E-state index contributed by atoms with van der Waals surface area (Å²) in [4.78, 5) is 17.5. The molecule has 2 heterocycles. The molecule has 4 heteroatoms. The number of hydrogen-bond donors (Lipinski definition) is 0. The molecule has 0 atom stereocenters. The average molecular weight is 341 g/mol. The van der Waals surface area contributed by atoms with E-state index in [1.807, 2.05) is 62.4 Å². The second kappa shape index (κ2) is 5.30. The quantitative estimate of drug-likeness (QED) is 0.385. The smallest absolute Gasteiger partial charge is 0.227 e. The summed E-state index contributed by atoms with van der Waals surface area (Å²) in [6.07, 6.45) is 0. The molecule has 0 aliphatic carbocycles. The number of fused-ring (bicyclic) bond motifs is 3. The third kappa shape index (κ3) is 2.09. The highest BCUT2D eigenvalue weighted by Crippen LogP contribution is 2.29. The number of benzene rings is 3. The van der Waals surface area contributed by atoms with Crippen LogP contribution in [0.1, 0.15) is 11.1 Å². The maximum atomic E-state index is 13.0. The van der Waals surface area contributed by atoms with Gasteiger partial charge in [0.25, 0.3) is 0 Å². The highest BCUT2D eigenvalue weighted by Gasteiger charge is 2.14. The lowest BCUT2D eigenvalue weighted by Gasteiger charge is -2.07. The third-order valence-electron chi connectivity index (χ3n) is 4.77. The van der Waals surface area contributed by atoms with Gasteiger partial charge in [-0.1, -0.05) is 24.3 Å². The fraction of sp³-hybridized carbons (Fsp3) is 0.0909. The van der Waals surface area contributed by atoms with Gasteiger partial charge in [0.2, 0.25) is 11.3 Å². The van der Waals surface area contributed by atoms with Crippen molar-refractivity contribution in [1.29, 1.82) is 0 Å². The monoisotopic (exact) mass is 341 g/mol. The van der Waals surface area contributed by atoms with Crippen molar-refractivity contribution in [2.45, 2.75) is 13.8 Å².